The highest BCUT2D eigenvalue weighted by Gasteiger charge is 2.20. The van der Waals surface area contributed by atoms with Crippen LogP contribution in [0.3, 0.4) is 0 Å². The van der Waals surface area contributed by atoms with Gasteiger partial charge < -0.3 is 9.84 Å². The van der Waals surface area contributed by atoms with Crippen LogP contribution in [0.5, 0.6) is 0 Å². The van der Waals surface area contributed by atoms with Crippen LogP contribution >= 0.6 is 0 Å². The predicted octanol–water partition coefficient (Wildman–Crippen LogP) is 2.23. The molecule has 0 amide bonds. The molecule has 0 saturated carbocycles. The molecule has 112 valence electrons. The lowest BCUT2D eigenvalue weighted by Crippen LogP contribution is -2.43. The number of aromatic nitrogens is 2. The van der Waals surface area contributed by atoms with Gasteiger partial charge in [0.15, 0.2) is 0 Å². The van der Waals surface area contributed by atoms with Gasteiger partial charge in [0.1, 0.15) is 0 Å². The molecule has 1 aromatic heterocycles. The first-order valence-corrected chi connectivity index (χ1v) is 7.54. The molecule has 1 aliphatic heterocycles. The number of nitrogens with zero attached hydrogens (tertiary/aromatic N) is 3. The summed E-state index contributed by atoms with van der Waals surface area (Å²) in [6.07, 6.45) is 2.45. The molecule has 1 aromatic carbocycles. The Bertz CT molecular complexity index is 595. The summed E-state index contributed by atoms with van der Waals surface area (Å²) >= 11 is 0. The number of hydrogen-bond acceptors (Lipinski definition) is 5. The minimum atomic E-state index is 0.568. The van der Waals surface area contributed by atoms with E-state index in [0.29, 0.717) is 17.8 Å². The Kier molecular flexibility index (Phi) is 4.31. The number of benzene rings is 1. The number of rotatable bonds is 4. The number of likely N-dealkylation sites (tertiary alicyclic amines) is 1. The highest BCUT2D eigenvalue weighted by Crippen LogP contribution is 2.18. The van der Waals surface area contributed by atoms with E-state index in [1.807, 2.05) is 19.2 Å². The van der Waals surface area contributed by atoms with Gasteiger partial charge >= 0.3 is 0 Å². The van der Waals surface area contributed by atoms with Crippen LogP contribution in [0.4, 0.5) is 0 Å². The summed E-state index contributed by atoms with van der Waals surface area (Å²) in [7, 11) is 2.02. The number of aryl methyl sites for hydroxylation is 1. The zero-order chi connectivity index (χ0) is 14.7. The fraction of sp³-hybridized carbons (Fsp3) is 0.500. The van der Waals surface area contributed by atoms with Gasteiger partial charge in [-0.3, -0.25) is 4.90 Å². The van der Waals surface area contributed by atoms with E-state index in [4.69, 9.17) is 4.52 Å². The number of nitrogens with one attached hydrogen (secondary N) is 1. The molecule has 1 fully saturated rings. The Morgan fingerprint density at radius 3 is 3.14 bits per heavy atom. The third kappa shape index (κ3) is 3.49. The molecule has 1 unspecified atom stereocenters. The van der Waals surface area contributed by atoms with Crippen molar-refractivity contribution in [3.05, 3.63) is 35.7 Å². The fourth-order valence-corrected chi connectivity index (χ4v) is 2.85. The van der Waals surface area contributed by atoms with E-state index < -0.39 is 0 Å². The van der Waals surface area contributed by atoms with Crippen LogP contribution in [0, 0.1) is 6.92 Å². The number of piperidine rings is 1. The molecule has 1 saturated heterocycles. The summed E-state index contributed by atoms with van der Waals surface area (Å²) in [5.41, 5.74) is 2.21. The fourth-order valence-electron chi connectivity index (χ4n) is 2.85. The summed E-state index contributed by atoms with van der Waals surface area (Å²) in [6, 6.07) is 8.74. The standard InChI is InChI=1S/C16H22N4O/c1-12-5-3-6-13(9-12)16-18-15(21-19-16)11-20-8-4-7-14(10-20)17-2/h3,5-6,9,14,17H,4,7-8,10-11H2,1-2H3. The SMILES string of the molecule is CNC1CCCN(Cc2nc(-c3cccc(C)c3)no2)C1. The maximum Gasteiger partial charge on any atom is 0.241 e. The molecule has 21 heavy (non-hydrogen) atoms. The van der Waals surface area contributed by atoms with Crippen LogP contribution in [0.25, 0.3) is 11.4 Å². The van der Waals surface area contributed by atoms with E-state index >= 15 is 0 Å². The van der Waals surface area contributed by atoms with Crippen molar-refractivity contribution in [2.75, 3.05) is 20.1 Å². The Morgan fingerprint density at radius 1 is 1.43 bits per heavy atom. The number of hydrogen-bond donors (Lipinski definition) is 1. The minimum absolute atomic E-state index is 0.568. The van der Waals surface area contributed by atoms with Crippen molar-refractivity contribution < 1.29 is 4.52 Å². The minimum Gasteiger partial charge on any atom is -0.338 e. The second kappa shape index (κ2) is 6.37. The van der Waals surface area contributed by atoms with Crippen molar-refractivity contribution in [1.82, 2.24) is 20.4 Å². The second-order valence-electron chi connectivity index (χ2n) is 5.74. The van der Waals surface area contributed by atoms with E-state index in [2.05, 4.69) is 39.4 Å². The Balaban J connectivity index is 1.68. The van der Waals surface area contributed by atoms with Gasteiger partial charge in [0, 0.05) is 18.2 Å². The molecule has 0 bridgehead atoms. The summed E-state index contributed by atoms with van der Waals surface area (Å²) in [5.74, 6) is 1.37. The van der Waals surface area contributed by atoms with E-state index in [1.165, 1.54) is 18.4 Å². The summed E-state index contributed by atoms with van der Waals surface area (Å²) in [4.78, 5) is 6.90. The van der Waals surface area contributed by atoms with Gasteiger partial charge in [-0.25, -0.2) is 0 Å². The van der Waals surface area contributed by atoms with E-state index in [1.54, 1.807) is 0 Å². The van der Waals surface area contributed by atoms with Crippen LogP contribution in [-0.4, -0.2) is 41.2 Å². The van der Waals surface area contributed by atoms with Gasteiger partial charge in [-0.15, -0.1) is 0 Å². The maximum absolute atomic E-state index is 5.41. The van der Waals surface area contributed by atoms with Crippen LogP contribution < -0.4 is 5.32 Å². The van der Waals surface area contributed by atoms with E-state index in [-0.39, 0.29) is 0 Å². The van der Waals surface area contributed by atoms with Gasteiger partial charge in [0.25, 0.3) is 0 Å². The Morgan fingerprint density at radius 2 is 2.33 bits per heavy atom. The summed E-state index contributed by atoms with van der Waals surface area (Å²) in [5, 5.41) is 7.45. The molecule has 2 aromatic rings. The van der Waals surface area contributed by atoms with Gasteiger partial charge in [-0.1, -0.05) is 28.9 Å². The van der Waals surface area contributed by atoms with Crippen molar-refractivity contribution in [3.63, 3.8) is 0 Å². The van der Waals surface area contributed by atoms with Crippen molar-refractivity contribution in [2.45, 2.75) is 32.4 Å². The van der Waals surface area contributed by atoms with Crippen LogP contribution in [0.1, 0.15) is 24.3 Å². The lowest BCUT2D eigenvalue weighted by atomic mass is 10.1. The smallest absolute Gasteiger partial charge is 0.241 e. The Hall–Kier alpha value is -1.72. The topological polar surface area (TPSA) is 54.2 Å². The molecule has 1 aliphatic rings. The first kappa shape index (κ1) is 14.2. The second-order valence-corrected chi connectivity index (χ2v) is 5.74. The van der Waals surface area contributed by atoms with Gasteiger partial charge in [-0.05, 0) is 39.4 Å². The highest BCUT2D eigenvalue weighted by atomic mass is 16.5. The van der Waals surface area contributed by atoms with Crippen LogP contribution in [0.2, 0.25) is 0 Å². The zero-order valence-electron chi connectivity index (χ0n) is 12.7. The van der Waals surface area contributed by atoms with Crippen molar-refractivity contribution >= 4 is 0 Å². The molecule has 2 heterocycles. The Labute approximate surface area is 125 Å². The highest BCUT2D eigenvalue weighted by molar-refractivity contribution is 5.55. The first-order valence-electron chi connectivity index (χ1n) is 7.54. The molecule has 1 N–H and O–H groups in total. The molecular formula is C16H22N4O. The van der Waals surface area contributed by atoms with Gasteiger partial charge in [-0.2, -0.15) is 4.98 Å². The van der Waals surface area contributed by atoms with Crippen LogP contribution in [-0.2, 0) is 6.54 Å². The maximum atomic E-state index is 5.41. The normalized spacial score (nSPS) is 19.8. The van der Waals surface area contributed by atoms with Crippen molar-refractivity contribution in [3.8, 4) is 11.4 Å². The molecule has 5 heteroatoms. The quantitative estimate of drug-likeness (QED) is 0.934. The largest absolute Gasteiger partial charge is 0.338 e. The molecular weight excluding hydrogens is 264 g/mol. The molecule has 0 aliphatic carbocycles. The molecule has 5 nitrogen and oxygen atoms in total. The monoisotopic (exact) mass is 286 g/mol. The third-order valence-electron chi connectivity index (χ3n) is 4.02. The van der Waals surface area contributed by atoms with E-state index in [0.717, 1.165) is 25.2 Å². The molecule has 1 atom stereocenters. The van der Waals surface area contributed by atoms with Crippen molar-refractivity contribution in [2.24, 2.45) is 0 Å². The lowest BCUT2D eigenvalue weighted by molar-refractivity contribution is 0.167. The van der Waals surface area contributed by atoms with Gasteiger partial charge in [0.05, 0.1) is 6.54 Å². The first-order chi connectivity index (χ1) is 10.2. The van der Waals surface area contributed by atoms with Crippen molar-refractivity contribution in [1.29, 1.82) is 0 Å². The molecule has 0 radical (unpaired) electrons. The average Bonchev–Trinajstić information content (AvgIpc) is 2.96. The summed E-state index contributed by atoms with van der Waals surface area (Å²) in [6.45, 7) is 4.94. The van der Waals surface area contributed by atoms with E-state index in [9.17, 15) is 0 Å². The molecule has 0 spiro atoms. The predicted molar refractivity (Wildman–Crippen MR) is 81.8 cm³/mol. The third-order valence-corrected chi connectivity index (χ3v) is 4.02. The van der Waals surface area contributed by atoms with Gasteiger partial charge in [0.2, 0.25) is 11.7 Å². The number of likely N-dealkylation sites (N-methyl/N-ethyl adjacent to an activating group) is 1. The summed E-state index contributed by atoms with van der Waals surface area (Å²) < 4.78 is 5.41. The van der Waals surface area contributed by atoms with Crippen LogP contribution in [0.15, 0.2) is 28.8 Å². The lowest BCUT2D eigenvalue weighted by Gasteiger charge is -2.31. The molecule has 3 rings (SSSR count). The zero-order valence-corrected chi connectivity index (χ0v) is 12.7. The average molecular weight is 286 g/mol.